The maximum atomic E-state index is 11.1. The molecule has 1 saturated carbocycles. The third-order valence-electron chi connectivity index (χ3n) is 3.46. The summed E-state index contributed by atoms with van der Waals surface area (Å²) in [5.41, 5.74) is 0. The molecule has 0 heterocycles. The summed E-state index contributed by atoms with van der Waals surface area (Å²) in [5, 5.41) is 3.46. The molecule has 0 radical (unpaired) electrons. The standard InChI is InChI=1S/C14H25NO2/c1-3-17-14(16)10-7-11-15-12(2)13-8-5-4-6-9-13/h7,10,12-13,15H,3-6,8-9,11H2,1-2H3/b10-7+/t12-/m0/s1. The van der Waals surface area contributed by atoms with Crippen LogP contribution in [0.3, 0.4) is 0 Å². The van der Waals surface area contributed by atoms with Crippen LogP contribution in [0, 0.1) is 5.92 Å². The Kier molecular flexibility index (Phi) is 6.94. The summed E-state index contributed by atoms with van der Waals surface area (Å²) < 4.78 is 4.81. The molecule has 98 valence electrons. The predicted molar refractivity (Wildman–Crippen MR) is 69.8 cm³/mol. The maximum absolute atomic E-state index is 11.1. The van der Waals surface area contributed by atoms with Crippen molar-refractivity contribution in [3.05, 3.63) is 12.2 Å². The van der Waals surface area contributed by atoms with Gasteiger partial charge in [-0.25, -0.2) is 4.79 Å². The molecule has 0 bridgehead atoms. The number of hydrogen-bond acceptors (Lipinski definition) is 3. The maximum Gasteiger partial charge on any atom is 0.330 e. The Morgan fingerprint density at radius 2 is 2.12 bits per heavy atom. The van der Waals surface area contributed by atoms with Crippen LogP contribution in [-0.2, 0) is 9.53 Å². The smallest absolute Gasteiger partial charge is 0.330 e. The first-order valence-electron chi connectivity index (χ1n) is 6.80. The molecule has 3 nitrogen and oxygen atoms in total. The lowest BCUT2D eigenvalue weighted by Crippen LogP contribution is -2.34. The molecule has 1 fully saturated rings. The lowest BCUT2D eigenvalue weighted by molar-refractivity contribution is -0.137. The van der Waals surface area contributed by atoms with Gasteiger partial charge in [-0.15, -0.1) is 0 Å². The van der Waals surface area contributed by atoms with Gasteiger partial charge >= 0.3 is 5.97 Å². The molecule has 0 aromatic carbocycles. The van der Waals surface area contributed by atoms with E-state index in [1.807, 2.05) is 13.0 Å². The van der Waals surface area contributed by atoms with Crippen LogP contribution in [0.2, 0.25) is 0 Å². The van der Waals surface area contributed by atoms with Crippen molar-refractivity contribution in [1.82, 2.24) is 5.32 Å². The van der Waals surface area contributed by atoms with Crippen molar-refractivity contribution in [1.29, 1.82) is 0 Å². The van der Waals surface area contributed by atoms with Gasteiger partial charge in [0.05, 0.1) is 6.61 Å². The van der Waals surface area contributed by atoms with Crippen molar-refractivity contribution in [2.75, 3.05) is 13.2 Å². The van der Waals surface area contributed by atoms with Crippen LogP contribution in [0.1, 0.15) is 46.0 Å². The summed E-state index contributed by atoms with van der Waals surface area (Å²) >= 11 is 0. The zero-order valence-corrected chi connectivity index (χ0v) is 11.1. The molecule has 0 saturated heterocycles. The largest absolute Gasteiger partial charge is 0.463 e. The number of rotatable bonds is 6. The van der Waals surface area contributed by atoms with E-state index in [9.17, 15) is 4.79 Å². The molecule has 0 spiro atoms. The summed E-state index contributed by atoms with van der Waals surface area (Å²) in [4.78, 5) is 11.1. The van der Waals surface area contributed by atoms with E-state index in [1.54, 1.807) is 0 Å². The lowest BCUT2D eigenvalue weighted by atomic mass is 9.84. The molecule has 1 aliphatic carbocycles. The zero-order chi connectivity index (χ0) is 12.5. The van der Waals surface area contributed by atoms with Gasteiger partial charge in [-0.05, 0) is 32.6 Å². The van der Waals surface area contributed by atoms with E-state index in [1.165, 1.54) is 38.2 Å². The molecule has 0 aromatic heterocycles. The number of nitrogens with one attached hydrogen (secondary N) is 1. The second-order valence-electron chi connectivity index (χ2n) is 4.75. The van der Waals surface area contributed by atoms with E-state index in [2.05, 4.69) is 12.2 Å². The van der Waals surface area contributed by atoms with Gasteiger partial charge < -0.3 is 10.1 Å². The monoisotopic (exact) mass is 239 g/mol. The van der Waals surface area contributed by atoms with Crippen molar-refractivity contribution in [2.24, 2.45) is 5.92 Å². The molecule has 0 aromatic rings. The molecule has 17 heavy (non-hydrogen) atoms. The molecule has 3 heteroatoms. The molecule has 1 aliphatic rings. The molecule has 1 atom stereocenters. The second-order valence-corrected chi connectivity index (χ2v) is 4.75. The van der Waals surface area contributed by atoms with Gasteiger partial charge in [0, 0.05) is 18.7 Å². The normalized spacial score (nSPS) is 19.4. The molecule has 1 rings (SSSR count). The molecular formula is C14H25NO2. The Morgan fingerprint density at radius 1 is 1.41 bits per heavy atom. The lowest BCUT2D eigenvalue weighted by Gasteiger charge is -2.28. The van der Waals surface area contributed by atoms with Crippen LogP contribution >= 0.6 is 0 Å². The third-order valence-corrected chi connectivity index (χ3v) is 3.46. The van der Waals surface area contributed by atoms with E-state index in [-0.39, 0.29) is 5.97 Å². The van der Waals surface area contributed by atoms with Gasteiger partial charge in [-0.3, -0.25) is 0 Å². The summed E-state index contributed by atoms with van der Waals surface area (Å²) in [5.74, 6) is 0.555. The summed E-state index contributed by atoms with van der Waals surface area (Å²) in [6, 6.07) is 0.544. The third kappa shape index (κ3) is 5.87. The first-order valence-corrected chi connectivity index (χ1v) is 6.80. The first kappa shape index (κ1) is 14.2. The van der Waals surface area contributed by atoms with Gasteiger partial charge in [-0.1, -0.05) is 25.3 Å². The Labute approximate surface area is 105 Å². The highest BCUT2D eigenvalue weighted by molar-refractivity contribution is 5.81. The predicted octanol–water partition coefficient (Wildman–Crippen LogP) is 2.66. The Bertz CT molecular complexity index is 245. The van der Waals surface area contributed by atoms with Crippen LogP contribution in [0.4, 0.5) is 0 Å². The molecule has 0 aliphatic heterocycles. The van der Waals surface area contributed by atoms with Crippen molar-refractivity contribution >= 4 is 5.97 Å². The van der Waals surface area contributed by atoms with Crippen molar-refractivity contribution in [3.8, 4) is 0 Å². The van der Waals surface area contributed by atoms with Gasteiger partial charge in [0.2, 0.25) is 0 Å². The molecule has 0 unspecified atom stereocenters. The number of carbonyl (C=O) groups is 1. The van der Waals surface area contributed by atoms with Crippen molar-refractivity contribution in [2.45, 2.75) is 52.0 Å². The average molecular weight is 239 g/mol. The minimum Gasteiger partial charge on any atom is -0.463 e. The number of esters is 1. The molecule has 0 amide bonds. The van der Waals surface area contributed by atoms with Crippen LogP contribution in [0.5, 0.6) is 0 Å². The average Bonchev–Trinajstić information content (AvgIpc) is 2.36. The number of hydrogen-bond donors (Lipinski definition) is 1. The summed E-state index contributed by atoms with van der Waals surface area (Å²) in [6.45, 7) is 5.24. The van der Waals surface area contributed by atoms with E-state index in [0.29, 0.717) is 12.6 Å². The Morgan fingerprint density at radius 3 is 2.76 bits per heavy atom. The van der Waals surface area contributed by atoms with Crippen LogP contribution in [-0.4, -0.2) is 25.2 Å². The zero-order valence-electron chi connectivity index (χ0n) is 11.1. The van der Waals surface area contributed by atoms with Crippen LogP contribution in [0.25, 0.3) is 0 Å². The highest BCUT2D eigenvalue weighted by Crippen LogP contribution is 2.26. The topological polar surface area (TPSA) is 38.3 Å². The van der Waals surface area contributed by atoms with Crippen LogP contribution < -0.4 is 5.32 Å². The molecule has 1 N–H and O–H groups in total. The minimum absolute atomic E-state index is 0.250. The fraction of sp³-hybridized carbons (Fsp3) is 0.786. The van der Waals surface area contributed by atoms with E-state index < -0.39 is 0 Å². The summed E-state index contributed by atoms with van der Waals surface area (Å²) in [7, 11) is 0. The van der Waals surface area contributed by atoms with E-state index in [0.717, 1.165) is 12.5 Å². The van der Waals surface area contributed by atoms with E-state index >= 15 is 0 Å². The van der Waals surface area contributed by atoms with Crippen molar-refractivity contribution in [3.63, 3.8) is 0 Å². The van der Waals surface area contributed by atoms with Gasteiger partial charge in [0.1, 0.15) is 0 Å². The fourth-order valence-electron chi connectivity index (χ4n) is 2.40. The summed E-state index contributed by atoms with van der Waals surface area (Å²) in [6.07, 6.45) is 10.2. The first-order chi connectivity index (χ1) is 8.24. The van der Waals surface area contributed by atoms with Gasteiger partial charge in [0.15, 0.2) is 0 Å². The van der Waals surface area contributed by atoms with Gasteiger partial charge in [0.25, 0.3) is 0 Å². The van der Waals surface area contributed by atoms with Gasteiger partial charge in [-0.2, -0.15) is 0 Å². The number of ether oxygens (including phenoxy) is 1. The second kappa shape index (κ2) is 8.29. The highest BCUT2D eigenvalue weighted by Gasteiger charge is 2.18. The highest BCUT2D eigenvalue weighted by atomic mass is 16.5. The fourth-order valence-corrected chi connectivity index (χ4v) is 2.40. The number of carbonyl (C=O) groups excluding carboxylic acids is 1. The quantitative estimate of drug-likeness (QED) is 0.572. The van der Waals surface area contributed by atoms with E-state index in [4.69, 9.17) is 4.74 Å². The minimum atomic E-state index is -0.250. The Balaban J connectivity index is 2.14. The van der Waals surface area contributed by atoms with Crippen molar-refractivity contribution < 1.29 is 9.53 Å². The Hall–Kier alpha value is -0.830. The van der Waals surface area contributed by atoms with Crippen LogP contribution in [0.15, 0.2) is 12.2 Å². The molecular weight excluding hydrogens is 214 g/mol. The SMILES string of the molecule is CCOC(=O)/C=C/CN[C@@H](C)C1CCCCC1.